The van der Waals surface area contributed by atoms with Gasteiger partial charge in [-0.1, -0.05) is 54.6 Å². The topological polar surface area (TPSA) is 64.7 Å². The summed E-state index contributed by atoms with van der Waals surface area (Å²) in [7, 11) is 0. The first kappa shape index (κ1) is 19.1. The van der Waals surface area contributed by atoms with Crippen molar-refractivity contribution in [2.75, 3.05) is 11.6 Å². The van der Waals surface area contributed by atoms with Crippen LogP contribution in [0.15, 0.2) is 101 Å². The summed E-state index contributed by atoms with van der Waals surface area (Å²) in [4.78, 5) is 18.7. The van der Waals surface area contributed by atoms with Gasteiger partial charge in [-0.05, 0) is 42.7 Å². The van der Waals surface area contributed by atoms with E-state index in [0.717, 1.165) is 17.1 Å². The second-order valence-electron chi connectivity index (χ2n) is 6.86. The molecule has 31 heavy (non-hydrogen) atoms. The van der Waals surface area contributed by atoms with Crippen molar-refractivity contribution in [1.82, 2.24) is 19.3 Å². The van der Waals surface area contributed by atoms with Crippen LogP contribution in [-0.2, 0) is 0 Å². The van der Waals surface area contributed by atoms with Gasteiger partial charge < -0.3 is 5.32 Å². The van der Waals surface area contributed by atoms with Crippen LogP contribution in [0.2, 0.25) is 0 Å². The van der Waals surface area contributed by atoms with Crippen molar-refractivity contribution in [3.63, 3.8) is 0 Å². The van der Waals surface area contributed by atoms with Crippen LogP contribution in [-0.4, -0.2) is 25.6 Å². The summed E-state index contributed by atoms with van der Waals surface area (Å²) in [6.45, 7) is 0. The molecule has 0 radical (unpaired) electrons. The van der Waals surface area contributed by atoms with Gasteiger partial charge >= 0.3 is 0 Å². The molecular formula is C24H19N5OS. The minimum Gasteiger partial charge on any atom is -0.325 e. The molecular weight excluding hydrogens is 406 g/mol. The maximum Gasteiger partial charge on any atom is 0.271 e. The Labute approximate surface area is 183 Å². The summed E-state index contributed by atoms with van der Waals surface area (Å²) in [6, 6.07) is 28.9. The molecule has 0 aliphatic heterocycles. The van der Waals surface area contributed by atoms with E-state index < -0.39 is 0 Å². The molecule has 0 aliphatic rings. The van der Waals surface area contributed by atoms with Gasteiger partial charge in [-0.15, -0.1) is 11.8 Å². The molecule has 0 amide bonds. The van der Waals surface area contributed by atoms with E-state index in [-0.39, 0.29) is 5.56 Å². The third-order valence-corrected chi connectivity index (χ3v) is 5.58. The minimum atomic E-state index is -0.166. The predicted octanol–water partition coefficient (Wildman–Crippen LogP) is 5.04. The monoisotopic (exact) mass is 425 g/mol. The van der Waals surface area contributed by atoms with Gasteiger partial charge in [0.1, 0.15) is 10.4 Å². The molecule has 152 valence electrons. The summed E-state index contributed by atoms with van der Waals surface area (Å²) in [5.41, 5.74) is 2.78. The lowest BCUT2D eigenvalue weighted by Crippen LogP contribution is -2.23. The fourth-order valence-electron chi connectivity index (χ4n) is 3.48. The Hall–Kier alpha value is -3.84. The summed E-state index contributed by atoms with van der Waals surface area (Å²) in [5, 5.41) is 9.16. The summed E-state index contributed by atoms with van der Waals surface area (Å²) in [5.74, 6) is 0.430. The molecule has 7 heteroatoms. The lowest BCUT2D eigenvalue weighted by atomic mass is 10.3. The van der Waals surface area contributed by atoms with E-state index in [1.807, 2.05) is 97.3 Å². The van der Waals surface area contributed by atoms with Crippen LogP contribution in [0.4, 0.5) is 11.6 Å². The first-order valence-corrected chi connectivity index (χ1v) is 11.0. The van der Waals surface area contributed by atoms with E-state index in [1.165, 1.54) is 11.8 Å². The number of aromatic nitrogens is 4. The smallest absolute Gasteiger partial charge is 0.271 e. The molecule has 0 unspecified atom stereocenters. The Morgan fingerprint density at radius 3 is 2.00 bits per heavy atom. The van der Waals surface area contributed by atoms with E-state index in [4.69, 9.17) is 10.1 Å². The molecule has 1 N–H and O–H groups in total. The zero-order chi connectivity index (χ0) is 21.2. The zero-order valence-electron chi connectivity index (χ0n) is 16.8. The number of hydrogen-bond donors (Lipinski definition) is 1. The number of nitrogens with one attached hydrogen (secondary N) is 1. The minimum absolute atomic E-state index is 0.166. The molecule has 0 fully saturated rings. The molecule has 2 aromatic heterocycles. The maximum absolute atomic E-state index is 13.8. The molecule has 3 aromatic carbocycles. The van der Waals surface area contributed by atoms with E-state index in [2.05, 4.69) is 5.32 Å². The molecule has 0 atom stereocenters. The van der Waals surface area contributed by atoms with Gasteiger partial charge in [-0.3, -0.25) is 4.79 Å². The highest BCUT2D eigenvalue weighted by molar-refractivity contribution is 7.98. The molecule has 6 nitrogen and oxygen atoms in total. The Kier molecular flexibility index (Phi) is 5.01. The number of anilines is 2. The number of nitrogens with zero attached hydrogens (tertiary/aromatic N) is 4. The number of fused-ring (bicyclic) bond motifs is 1. The molecule has 5 aromatic rings. The number of hydrogen-bond acceptors (Lipinski definition) is 5. The lowest BCUT2D eigenvalue weighted by molar-refractivity contribution is 0.851. The van der Waals surface area contributed by atoms with Crippen molar-refractivity contribution >= 4 is 34.4 Å². The Morgan fingerprint density at radius 1 is 0.806 bits per heavy atom. The van der Waals surface area contributed by atoms with E-state index in [0.29, 0.717) is 22.0 Å². The lowest BCUT2D eigenvalue weighted by Gasteiger charge is -2.14. The molecule has 0 bridgehead atoms. The largest absolute Gasteiger partial charge is 0.325 e. The standard InChI is InChI=1S/C24H19N5OS/c1-31-22-20-21(29(27-22)19-15-9-4-10-16-19)26-24(25-17-11-5-2-6-12-17)28(23(20)30)18-13-7-3-8-14-18/h2-16H,1H3,(H,25,26). The average Bonchev–Trinajstić information content (AvgIpc) is 3.20. The molecule has 2 heterocycles. The third kappa shape index (κ3) is 3.49. The van der Waals surface area contributed by atoms with Gasteiger partial charge in [0.05, 0.1) is 11.4 Å². The molecule has 0 spiro atoms. The normalized spacial score (nSPS) is 11.0. The Bertz CT molecular complexity index is 1400. The van der Waals surface area contributed by atoms with Crippen molar-refractivity contribution in [3.8, 4) is 11.4 Å². The van der Waals surface area contributed by atoms with E-state index >= 15 is 0 Å². The fraction of sp³-hybridized carbons (Fsp3) is 0.0417. The highest BCUT2D eigenvalue weighted by atomic mass is 32.2. The number of benzene rings is 3. The molecule has 0 saturated heterocycles. The SMILES string of the molecule is CSc1nn(-c2ccccc2)c2nc(Nc3ccccc3)n(-c3ccccc3)c(=O)c12. The third-order valence-electron chi connectivity index (χ3n) is 4.91. The Balaban J connectivity index is 1.83. The number of para-hydroxylation sites is 3. The van der Waals surface area contributed by atoms with Gasteiger partial charge in [0, 0.05) is 5.69 Å². The molecule has 0 saturated carbocycles. The maximum atomic E-state index is 13.8. The summed E-state index contributed by atoms with van der Waals surface area (Å²) in [6.07, 6.45) is 1.92. The summed E-state index contributed by atoms with van der Waals surface area (Å²) >= 11 is 1.44. The van der Waals surface area contributed by atoms with Gasteiger partial charge in [0.15, 0.2) is 5.65 Å². The first-order chi connectivity index (χ1) is 15.3. The quantitative estimate of drug-likeness (QED) is 0.400. The molecule has 5 rings (SSSR count). The second kappa shape index (κ2) is 8.12. The first-order valence-electron chi connectivity index (χ1n) is 9.79. The zero-order valence-corrected chi connectivity index (χ0v) is 17.6. The Morgan fingerprint density at radius 2 is 1.39 bits per heavy atom. The van der Waals surface area contributed by atoms with Crippen LogP contribution in [0.25, 0.3) is 22.4 Å². The van der Waals surface area contributed by atoms with Crippen molar-refractivity contribution in [2.24, 2.45) is 0 Å². The van der Waals surface area contributed by atoms with E-state index in [9.17, 15) is 4.79 Å². The van der Waals surface area contributed by atoms with Crippen LogP contribution >= 0.6 is 11.8 Å². The van der Waals surface area contributed by atoms with Gasteiger partial charge in [-0.2, -0.15) is 10.1 Å². The van der Waals surface area contributed by atoms with Crippen molar-refractivity contribution in [1.29, 1.82) is 0 Å². The van der Waals surface area contributed by atoms with Crippen LogP contribution in [0.5, 0.6) is 0 Å². The van der Waals surface area contributed by atoms with Crippen molar-refractivity contribution < 1.29 is 0 Å². The van der Waals surface area contributed by atoms with Crippen LogP contribution < -0.4 is 10.9 Å². The van der Waals surface area contributed by atoms with Gasteiger partial charge in [0.25, 0.3) is 5.56 Å². The van der Waals surface area contributed by atoms with Crippen LogP contribution in [0, 0.1) is 0 Å². The summed E-state index contributed by atoms with van der Waals surface area (Å²) < 4.78 is 3.33. The predicted molar refractivity (Wildman–Crippen MR) is 126 cm³/mol. The fourth-order valence-corrected chi connectivity index (χ4v) is 4.03. The second-order valence-corrected chi connectivity index (χ2v) is 7.65. The number of rotatable bonds is 5. The van der Waals surface area contributed by atoms with E-state index in [1.54, 1.807) is 9.25 Å². The van der Waals surface area contributed by atoms with Crippen LogP contribution in [0.3, 0.4) is 0 Å². The van der Waals surface area contributed by atoms with Crippen molar-refractivity contribution in [3.05, 3.63) is 101 Å². The van der Waals surface area contributed by atoms with Crippen molar-refractivity contribution in [2.45, 2.75) is 5.03 Å². The van der Waals surface area contributed by atoms with Gasteiger partial charge in [0.2, 0.25) is 5.95 Å². The molecule has 0 aliphatic carbocycles. The van der Waals surface area contributed by atoms with Gasteiger partial charge in [-0.25, -0.2) is 9.25 Å². The number of thioether (sulfide) groups is 1. The average molecular weight is 426 g/mol. The van der Waals surface area contributed by atoms with Crippen LogP contribution in [0.1, 0.15) is 0 Å². The highest BCUT2D eigenvalue weighted by Gasteiger charge is 2.21. The highest BCUT2D eigenvalue weighted by Crippen LogP contribution is 2.27.